The zero-order chi connectivity index (χ0) is 14.7. The first-order valence-corrected chi connectivity index (χ1v) is 7.28. The molecule has 1 atom stereocenters. The van der Waals surface area contributed by atoms with E-state index in [2.05, 4.69) is 26.9 Å². The summed E-state index contributed by atoms with van der Waals surface area (Å²) in [4.78, 5) is 2.08. The van der Waals surface area contributed by atoms with Gasteiger partial charge in [-0.05, 0) is 42.3 Å². The van der Waals surface area contributed by atoms with Gasteiger partial charge in [-0.2, -0.15) is 0 Å². The van der Waals surface area contributed by atoms with Crippen molar-refractivity contribution in [1.82, 2.24) is 0 Å². The predicted molar refractivity (Wildman–Crippen MR) is 85.3 cm³/mol. The van der Waals surface area contributed by atoms with Gasteiger partial charge in [0.25, 0.3) is 0 Å². The van der Waals surface area contributed by atoms with Crippen molar-refractivity contribution in [2.24, 2.45) is 5.73 Å². The van der Waals surface area contributed by atoms with Crippen molar-refractivity contribution in [3.63, 3.8) is 0 Å². The van der Waals surface area contributed by atoms with Crippen LogP contribution in [0.15, 0.2) is 46.9 Å². The highest BCUT2D eigenvalue weighted by molar-refractivity contribution is 9.10. The molecular formula is C16H18BrFN2. The van der Waals surface area contributed by atoms with Crippen molar-refractivity contribution in [1.29, 1.82) is 0 Å². The molecule has 1 unspecified atom stereocenters. The van der Waals surface area contributed by atoms with Gasteiger partial charge in [0, 0.05) is 29.8 Å². The Balaban J connectivity index is 2.30. The van der Waals surface area contributed by atoms with Crippen LogP contribution >= 0.6 is 15.9 Å². The monoisotopic (exact) mass is 336 g/mol. The first-order chi connectivity index (χ1) is 9.49. The number of nitrogens with zero attached hydrogens (tertiary/aromatic N) is 1. The van der Waals surface area contributed by atoms with E-state index >= 15 is 0 Å². The fraction of sp³-hybridized carbons (Fsp3) is 0.250. The third kappa shape index (κ3) is 3.38. The summed E-state index contributed by atoms with van der Waals surface area (Å²) in [5, 5.41) is 0. The number of nitrogens with two attached hydrogens (primary N) is 1. The lowest BCUT2D eigenvalue weighted by Gasteiger charge is -2.24. The van der Waals surface area contributed by atoms with E-state index in [0.717, 1.165) is 22.3 Å². The van der Waals surface area contributed by atoms with Gasteiger partial charge < -0.3 is 10.6 Å². The molecule has 2 aromatic rings. The van der Waals surface area contributed by atoms with E-state index in [4.69, 9.17) is 5.73 Å². The van der Waals surface area contributed by atoms with Crippen molar-refractivity contribution in [3.05, 3.63) is 63.9 Å². The Hall–Kier alpha value is -1.39. The Bertz CT molecular complexity index is 599. The number of hydrogen-bond donors (Lipinski definition) is 1. The van der Waals surface area contributed by atoms with Gasteiger partial charge >= 0.3 is 0 Å². The summed E-state index contributed by atoms with van der Waals surface area (Å²) in [7, 11) is 1.98. The molecule has 0 fully saturated rings. The second-order valence-electron chi connectivity index (χ2n) is 4.94. The zero-order valence-electron chi connectivity index (χ0n) is 11.6. The predicted octanol–water partition coefficient (Wildman–Crippen LogP) is 4.24. The Morgan fingerprint density at radius 1 is 1.25 bits per heavy atom. The molecule has 4 heteroatoms. The van der Waals surface area contributed by atoms with Crippen molar-refractivity contribution in [2.75, 3.05) is 11.9 Å². The van der Waals surface area contributed by atoms with Gasteiger partial charge in [0.15, 0.2) is 0 Å². The first kappa shape index (κ1) is 15.0. The number of anilines is 1. The minimum Gasteiger partial charge on any atom is -0.370 e. The standard InChI is InChI=1S/C16H18BrFN2/c1-11(19)14-9-13(18)7-8-16(14)20(2)10-12-5-3-4-6-15(12)17/h3-9,11H,10,19H2,1-2H3. The lowest BCUT2D eigenvalue weighted by Crippen LogP contribution is -2.20. The second kappa shape index (κ2) is 6.37. The summed E-state index contributed by atoms with van der Waals surface area (Å²) in [5.41, 5.74) is 8.89. The third-order valence-electron chi connectivity index (χ3n) is 3.26. The van der Waals surface area contributed by atoms with Gasteiger partial charge in [-0.15, -0.1) is 0 Å². The van der Waals surface area contributed by atoms with Crippen molar-refractivity contribution in [3.8, 4) is 0 Å². The van der Waals surface area contributed by atoms with Crippen LogP contribution in [-0.2, 0) is 6.54 Å². The molecule has 106 valence electrons. The van der Waals surface area contributed by atoms with Crippen LogP contribution in [0.5, 0.6) is 0 Å². The fourth-order valence-electron chi connectivity index (χ4n) is 2.21. The van der Waals surface area contributed by atoms with Gasteiger partial charge in [0.1, 0.15) is 5.82 Å². The van der Waals surface area contributed by atoms with Crippen molar-refractivity contribution >= 4 is 21.6 Å². The number of rotatable bonds is 4. The zero-order valence-corrected chi connectivity index (χ0v) is 13.2. The minimum atomic E-state index is -0.254. The molecule has 20 heavy (non-hydrogen) atoms. The number of hydrogen-bond acceptors (Lipinski definition) is 2. The van der Waals surface area contributed by atoms with Gasteiger partial charge in [-0.3, -0.25) is 0 Å². The normalized spacial score (nSPS) is 12.2. The molecule has 2 nitrogen and oxygen atoms in total. The van der Waals surface area contributed by atoms with Crippen molar-refractivity contribution < 1.29 is 4.39 Å². The summed E-state index contributed by atoms with van der Waals surface area (Å²) in [5.74, 6) is -0.254. The Morgan fingerprint density at radius 2 is 1.95 bits per heavy atom. The Kier molecular flexibility index (Phi) is 4.78. The van der Waals surface area contributed by atoms with Crippen LogP contribution in [0, 0.1) is 5.82 Å². The average Bonchev–Trinajstić information content (AvgIpc) is 2.41. The third-order valence-corrected chi connectivity index (χ3v) is 4.03. The Morgan fingerprint density at radius 3 is 2.60 bits per heavy atom. The molecule has 2 aromatic carbocycles. The van der Waals surface area contributed by atoms with E-state index in [1.165, 1.54) is 17.7 Å². The molecule has 0 radical (unpaired) electrons. The maximum absolute atomic E-state index is 13.4. The maximum atomic E-state index is 13.4. The van der Waals surface area contributed by atoms with E-state index in [0.29, 0.717) is 0 Å². The SMILES string of the molecule is CC(N)c1cc(F)ccc1N(C)Cc1ccccc1Br. The highest BCUT2D eigenvalue weighted by atomic mass is 79.9. The number of benzene rings is 2. The molecule has 0 aromatic heterocycles. The van der Waals surface area contributed by atoms with Crippen LogP contribution in [-0.4, -0.2) is 7.05 Å². The van der Waals surface area contributed by atoms with Crippen LogP contribution in [0.4, 0.5) is 10.1 Å². The molecule has 0 aliphatic rings. The van der Waals surface area contributed by atoms with Crippen LogP contribution in [0.25, 0.3) is 0 Å². The lowest BCUT2D eigenvalue weighted by molar-refractivity contribution is 0.622. The van der Waals surface area contributed by atoms with Crippen LogP contribution < -0.4 is 10.6 Å². The fourth-order valence-corrected chi connectivity index (χ4v) is 2.62. The molecule has 0 heterocycles. The van der Waals surface area contributed by atoms with E-state index in [1.54, 1.807) is 6.07 Å². The first-order valence-electron chi connectivity index (χ1n) is 6.48. The van der Waals surface area contributed by atoms with Crippen molar-refractivity contribution in [2.45, 2.75) is 19.5 Å². The molecular weight excluding hydrogens is 319 g/mol. The van der Waals surface area contributed by atoms with Gasteiger partial charge in [0.2, 0.25) is 0 Å². The molecule has 0 saturated carbocycles. The molecule has 0 saturated heterocycles. The molecule has 0 aliphatic heterocycles. The lowest BCUT2D eigenvalue weighted by atomic mass is 10.1. The summed E-state index contributed by atoms with van der Waals surface area (Å²) in [6.45, 7) is 2.59. The van der Waals surface area contributed by atoms with E-state index < -0.39 is 0 Å². The highest BCUT2D eigenvalue weighted by Gasteiger charge is 2.13. The van der Waals surface area contributed by atoms with Gasteiger partial charge in [-0.1, -0.05) is 34.1 Å². The summed E-state index contributed by atoms with van der Waals surface area (Å²) < 4.78 is 14.4. The summed E-state index contributed by atoms with van der Waals surface area (Å²) >= 11 is 3.55. The van der Waals surface area contributed by atoms with E-state index in [9.17, 15) is 4.39 Å². The highest BCUT2D eigenvalue weighted by Crippen LogP contribution is 2.27. The summed E-state index contributed by atoms with van der Waals surface area (Å²) in [6.07, 6.45) is 0. The number of halogens is 2. The van der Waals surface area contributed by atoms with Crippen LogP contribution in [0.3, 0.4) is 0 Å². The van der Waals surface area contributed by atoms with Gasteiger partial charge in [-0.25, -0.2) is 4.39 Å². The van der Waals surface area contributed by atoms with Gasteiger partial charge in [0.05, 0.1) is 0 Å². The van der Waals surface area contributed by atoms with E-state index in [-0.39, 0.29) is 11.9 Å². The molecule has 0 amide bonds. The largest absolute Gasteiger partial charge is 0.370 e. The topological polar surface area (TPSA) is 29.3 Å². The quantitative estimate of drug-likeness (QED) is 0.904. The molecule has 0 aliphatic carbocycles. The smallest absolute Gasteiger partial charge is 0.123 e. The molecule has 0 bridgehead atoms. The molecule has 2 N–H and O–H groups in total. The van der Waals surface area contributed by atoms with Crippen LogP contribution in [0.1, 0.15) is 24.1 Å². The van der Waals surface area contributed by atoms with Crippen LogP contribution in [0.2, 0.25) is 0 Å². The second-order valence-corrected chi connectivity index (χ2v) is 5.79. The van der Waals surface area contributed by atoms with E-state index in [1.807, 2.05) is 32.2 Å². The average molecular weight is 337 g/mol. The maximum Gasteiger partial charge on any atom is 0.123 e. The molecule has 0 spiro atoms. The Labute approximate surface area is 127 Å². The summed E-state index contributed by atoms with van der Waals surface area (Å²) in [6, 6.07) is 12.6. The molecule has 2 rings (SSSR count). The minimum absolute atomic E-state index is 0.206.